The van der Waals surface area contributed by atoms with E-state index in [0.29, 0.717) is 30.8 Å². The van der Waals surface area contributed by atoms with Crippen molar-refractivity contribution in [2.75, 3.05) is 11.9 Å². The van der Waals surface area contributed by atoms with E-state index < -0.39 is 18.2 Å². The lowest BCUT2D eigenvalue weighted by Gasteiger charge is -2.29. The van der Waals surface area contributed by atoms with Gasteiger partial charge in [-0.05, 0) is 43.4 Å². The summed E-state index contributed by atoms with van der Waals surface area (Å²) >= 11 is 0. The van der Waals surface area contributed by atoms with Crippen LogP contribution in [0.3, 0.4) is 0 Å². The molecule has 1 aromatic carbocycles. The Morgan fingerprint density at radius 1 is 1.24 bits per heavy atom. The molecular weight excluding hydrogens is 432 g/mol. The Bertz CT molecular complexity index is 1050. The standard InChI is InChI=1S/C25H28N6O3/c1-2-20(29-23-11-10-19(14-26)16-28-23)13-22(24(32)31-12-6-9-21(31)15-27)30-25(33)34-17-18-7-4-3-5-8-18/h3-5,7-8,10-11,16,20-22H,2,6,9,12-13,17H2,1H3,(H,28,29)(H,30,33)/t20?,21-,22-/m0/s1. The van der Waals surface area contributed by atoms with Gasteiger partial charge in [0.2, 0.25) is 5.91 Å². The van der Waals surface area contributed by atoms with Crippen LogP contribution in [-0.2, 0) is 16.1 Å². The maximum absolute atomic E-state index is 13.3. The number of aromatic nitrogens is 1. The first-order valence-corrected chi connectivity index (χ1v) is 11.3. The molecule has 2 heterocycles. The van der Waals surface area contributed by atoms with E-state index in [-0.39, 0.29) is 25.0 Å². The van der Waals surface area contributed by atoms with Crippen molar-refractivity contribution in [3.8, 4) is 12.1 Å². The summed E-state index contributed by atoms with van der Waals surface area (Å²) in [5.41, 5.74) is 1.29. The van der Waals surface area contributed by atoms with Gasteiger partial charge in [0, 0.05) is 18.8 Å². The Hall–Kier alpha value is -4.11. The monoisotopic (exact) mass is 460 g/mol. The lowest BCUT2D eigenvalue weighted by atomic mass is 10.0. The van der Waals surface area contributed by atoms with Gasteiger partial charge >= 0.3 is 6.09 Å². The molecule has 1 saturated heterocycles. The molecule has 9 heteroatoms. The van der Waals surface area contributed by atoms with Crippen molar-refractivity contribution < 1.29 is 14.3 Å². The molecule has 3 rings (SSSR count). The number of benzene rings is 1. The maximum atomic E-state index is 13.3. The molecule has 2 N–H and O–H groups in total. The number of hydrogen-bond acceptors (Lipinski definition) is 7. The van der Waals surface area contributed by atoms with Crippen LogP contribution in [-0.4, -0.2) is 46.6 Å². The zero-order valence-corrected chi connectivity index (χ0v) is 19.1. The quantitative estimate of drug-likeness (QED) is 0.587. The number of nitrogens with one attached hydrogen (secondary N) is 2. The average molecular weight is 461 g/mol. The van der Waals surface area contributed by atoms with Crippen LogP contribution >= 0.6 is 0 Å². The first-order chi connectivity index (χ1) is 16.5. The number of nitriles is 2. The van der Waals surface area contributed by atoms with Gasteiger partial charge in [0.05, 0.1) is 11.6 Å². The van der Waals surface area contributed by atoms with E-state index in [1.54, 1.807) is 12.1 Å². The molecule has 0 saturated carbocycles. The van der Waals surface area contributed by atoms with Gasteiger partial charge in [-0.25, -0.2) is 9.78 Å². The van der Waals surface area contributed by atoms with Gasteiger partial charge in [0.15, 0.2) is 0 Å². The second kappa shape index (κ2) is 12.2. The van der Waals surface area contributed by atoms with Gasteiger partial charge in [0.25, 0.3) is 0 Å². The Balaban J connectivity index is 1.70. The van der Waals surface area contributed by atoms with E-state index in [9.17, 15) is 14.9 Å². The van der Waals surface area contributed by atoms with Crippen molar-refractivity contribution in [1.82, 2.24) is 15.2 Å². The molecule has 0 aliphatic carbocycles. The minimum Gasteiger partial charge on any atom is -0.445 e. The first kappa shape index (κ1) is 24.5. The number of pyridine rings is 1. The summed E-state index contributed by atoms with van der Waals surface area (Å²) in [7, 11) is 0. The van der Waals surface area contributed by atoms with Crippen LogP contribution < -0.4 is 10.6 Å². The highest BCUT2D eigenvalue weighted by atomic mass is 16.5. The van der Waals surface area contributed by atoms with Crippen molar-refractivity contribution >= 4 is 17.8 Å². The Morgan fingerprint density at radius 2 is 2.03 bits per heavy atom. The van der Waals surface area contributed by atoms with E-state index in [4.69, 9.17) is 10.00 Å². The number of carbonyl (C=O) groups excluding carboxylic acids is 2. The molecule has 9 nitrogen and oxygen atoms in total. The summed E-state index contributed by atoms with van der Waals surface area (Å²) in [6, 6.07) is 15.3. The molecule has 3 atom stereocenters. The summed E-state index contributed by atoms with van der Waals surface area (Å²) in [4.78, 5) is 31.7. The zero-order chi connectivity index (χ0) is 24.3. The smallest absolute Gasteiger partial charge is 0.408 e. The van der Waals surface area contributed by atoms with Crippen LogP contribution in [0.4, 0.5) is 10.6 Å². The topological polar surface area (TPSA) is 131 Å². The van der Waals surface area contributed by atoms with Crippen LogP contribution in [0.5, 0.6) is 0 Å². The number of amides is 2. The van der Waals surface area contributed by atoms with Crippen LogP contribution in [0, 0.1) is 22.7 Å². The van der Waals surface area contributed by atoms with E-state index >= 15 is 0 Å². The molecule has 176 valence electrons. The Labute approximate surface area is 199 Å². The second-order valence-electron chi connectivity index (χ2n) is 8.11. The van der Waals surface area contributed by atoms with Crippen molar-refractivity contribution in [3.63, 3.8) is 0 Å². The van der Waals surface area contributed by atoms with Gasteiger partial charge < -0.3 is 20.3 Å². The molecule has 0 radical (unpaired) electrons. The first-order valence-electron chi connectivity index (χ1n) is 11.3. The van der Waals surface area contributed by atoms with Crippen LogP contribution in [0.1, 0.15) is 43.7 Å². The highest BCUT2D eigenvalue weighted by molar-refractivity contribution is 5.86. The molecule has 0 spiro atoms. The molecule has 0 bridgehead atoms. The van der Waals surface area contributed by atoms with Gasteiger partial charge in [-0.1, -0.05) is 37.3 Å². The second-order valence-corrected chi connectivity index (χ2v) is 8.11. The molecule has 2 aromatic rings. The van der Waals surface area contributed by atoms with Crippen molar-refractivity contribution in [2.45, 2.75) is 57.3 Å². The summed E-state index contributed by atoms with van der Waals surface area (Å²) in [6.45, 7) is 2.53. The molecule has 1 aliphatic heterocycles. The molecule has 2 amide bonds. The third-order valence-corrected chi connectivity index (χ3v) is 5.75. The third-order valence-electron chi connectivity index (χ3n) is 5.75. The predicted octanol–water partition coefficient (Wildman–Crippen LogP) is 3.34. The largest absolute Gasteiger partial charge is 0.445 e. The molecular formula is C25H28N6O3. The van der Waals surface area contributed by atoms with Crippen molar-refractivity contribution in [3.05, 3.63) is 59.8 Å². The predicted molar refractivity (Wildman–Crippen MR) is 125 cm³/mol. The molecule has 34 heavy (non-hydrogen) atoms. The van der Waals surface area contributed by atoms with Crippen LogP contribution in [0.2, 0.25) is 0 Å². The van der Waals surface area contributed by atoms with Gasteiger partial charge in [-0.3, -0.25) is 4.79 Å². The van der Waals surface area contributed by atoms with Gasteiger partial charge in [-0.2, -0.15) is 10.5 Å². The van der Waals surface area contributed by atoms with Crippen LogP contribution in [0.15, 0.2) is 48.7 Å². The number of ether oxygens (including phenoxy) is 1. The Kier molecular flexibility index (Phi) is 8.81. The summed E-state index contributed by atoms with van der Waals surface area (Å²) < 4.78 is 5.33. The van der Waals surface area contributed by atoms with E-state index in [0.717, 1.165) is 12.0 Å². The Morgan fingerprint density at radius 3 is 2.68 bits per heavy atom. The number of rotatable bonds is 9. The number of carbonyl (C=O) groups is 2. The lowest BCUT2D eigenvalue weighted by Crippen LogP contribution is -2.51. The van der Waals surface area contributed by atoms with Gasteiger partial charge in [-0.15, -0.1) is 0 Å². The highest BCUT2D eigenvalue weighted by Gasteiger charge is 2.35. The van der Waals surface area contributed by atoms with E-state index in [2.05, 4.69) is 21.7 Å². The SMILES string of the molecule is CCC(C[C@H](NC(=O)OCc1ccccc1)C(=O)N1CCC[C@H]1C#N)Nc1ccc(C#N)cn1. The molecule has 1 aliphatic rings. The highest BCUT2D eigenvalue weighted by Crippen LogP contribution is 2.20. The molecule has 1 fully saturated rings. The number of likely N-dealkylation sites (tertiary alicyclic amines) is 1. The third kappa shape index (κ3) is 6.69. The zero-order valence-electron chi connectivity index (χ0n) is 19.1. The molecule has 1 unspecified atom stereocenters. The number of alkyl carbamates (subject to hydrolysis) is 1. The van der Waals surface area contributed by atoms with Crippen molar-refractivity contribution in [2.24, 2.45) is 0 Å². The van der Waals surface area contributed by atoms with E-state index in [1.165, 1.54) is 11.1 Å². The normalized spacial score (nSPS) is 16.6. The fourth-order valence-corrected chi connectivity index (χ4v) is 3.86. The summed E-state index contributed by atoms with van der Waals surface area (Å²) in [5, 5.41) is 24.4. The number of hydrogen-bond donors (Lipinski definition) is 2. The fourth-order valence-electron chi connectivity index (χ4n) is 3.86. The summed E-state index contributed by atoms with van der Waals surface area (Å²) in [6.07, 6.45) is 3.09. The lowest BCUT2D eigenvalue weighted by molar-refractivity contribution is -0.133. The maximum Gasteiger partial charge on any atom is 0.408 e. The minimum atomic E-state index is -0.868. The summed E-state index contributed by atoms with van der Waals surface area (Å²) in [5.74, 6) is 0.272. The van der Waals surface area contributed by atoms with Crippen LogP contribution in [0.25, 0.3) is 0 Å². The van der Waals surface area contributed by atoms with Crippen molar-refractivity contribution in [1.29, 1.82) is 10.5 Å². The average Bonchev–Trinajstić information content (AvgIpc) is 3.36. The molecule has 1 aromatic heterocycles. The van der Waals surface area contributed by atoms with Gasteiger partial charge in [0.1, 0.15) is 30.6 Å². The fraction of sp³-hybridized carbons (Fsp3) is 0.400. The number of nitrogens with zero attached hydrogens (tertiary/aromatic N) is 4. The van der Waals surface area contributed by atoms with E-state index in [1.807, 2.05) is 43.3 Å². The minimum absolute atomic E-state index is 0.0860. The number of anilines is 1.